The molecule has 136 valence electrons. The van der Waals surface area contributed by atoms with Gasteiger partial charge in [0.25, 0.3) is 5.91 Å². The minimum Gasteiger partial charge on any atom is -0.489 e. The van der Waals surface area contributed by atoms with Gasteiger partial charge in [-0.15, -0.1) is 0 Å². The van der Waals surface area contributed by atoms with Crippen molar-refractivity contribution in [3.8, 4) is 17.2 Å². The van der Waals surface area contributed by atoms with E-state index >= 15 is 0 Å². The molecule has 3 aromatic rings. The van der Waals surface area contributed by atoms with Crippen molar-refractivity contribution in [3.05, 3.63) is 90.8 Å². The molecular formula is C22H20N2O3. The van der Waals surface area contributed by atoms with Crippen LogP contribution in [0.4, 0.5) is 5.69 Å². The summed E-state index contributed by atoms with van der Waals surface area (Å²) in [6, 6.07) is 17.8. The summed E-state index contributed by atoms with van der Waals surface area (Å²) >= 11 is 0. The van der Waals surface area contributed by atoms with Gasteiger partial charge < -0.3 is 14.8 Å². The minimum atomic E-state index is -0.208. The van der Waals surface area contributed by atoms with E-state index in [0.717, 1.165) is 5.57 Å². The standard InChI is InChI=1S/C22H20N2O3/c1-16(2)15-26-20-6-3-5-18(13-20)24-22(25)17-8-10-19(11-9-17)27-21-7-4-12-23-14-21/h3-14H,1,15H2,2H3,(H,24,25). The summed E-state index contributed by atoms with van der Waals surface area (Å²) in [6.07, 6.45) is 3.31. The van der Waals surface area contributed by atoms with Crippen LogP contribution in [0, 0.1) is 0 Å². The molecule has 0 unspecified atom stereocenters. The highest BCUT2D eigenvalue weighted by Gasteiger charge is 2.07. The van der Waals surface area contributed by atoms with Crippen LogP contribution in [0.3, 0.4) is 0 Å². The maximum Gasteiger partial charge on any atom is 0.255 e. The average Bonchev–Trinajstić information content (AvgIpc) is 2.68. The first-order chi connectivity index (χ1) is 13.1. The third-order valence-electron chi connectivity index (χ3n) is 3.56. The molecular weight excluding hydrogens is 340 g/mol. The van der Waals surface area contributed by atoms with Gasteiger partial charge in [-0.25, -0.2) is 0 Å². The summed E-state index contributed by atoms with van der Waals surface area (Å²) in [5, 5.41) is 2.86. The van der Waals surface area contributed by atoms with Crippen LogP contribution in [0.2, 0.25) is 0 Å². The molecule has 0 saturated heterocycles. The van der Waals surface area contributed by atoms with E-state index in [1.165, 1.54) is 0 Å². The predicted molar refractivity (Wildman–Crippen MR) is 105 cm³/mol. The molecule has 5 nitrogen and oxygen atoms in total. The lowest BCUT2D eigenvalue weighted by Crippen LogP contribution is -2.11. The average molecular weight is 360 g/mol. The summed E-state index contributed by atoms with van der Waals surface area (Å²) < 4.78 is 11.3. The number of anilines is 1. The lowest BCUT2D eigenvalue weighted by molar-refractivity contribution is 0.102. The Bertz CT molecular complexity index is 922. The predicted octanol–water partition coefficient (Wildman–Crippen LogP) is 5.08. The number of rotatable bonds is 7. The molecule has 0 radical (unpaired) electrons. The summed E-state index contributed by atoms with van der Waals surface area (Å²) in [5.41, 5.74) is 2.12. The molecule has 0 aliphatic carbocycles. The number of amides is 1. The van der Waals surface area contributed by atoms with Gasteiger partial charge in [-0.3, -0.25) is 9.78 Å². The number of carbonyl (C=O) groups is 1. The number of nitrogens with one attached hydrogen (secondary N) is 1. The minimum absolute atomic E-state index is 0.208. The molecule has 3 rings (SSSR count). The number of carbonyl (C=O) groups excluding carboxylic acids is 1. The SMILES string of the molecule is C=C(C)COc1cccc(NC(=O)c2ccc(Oc3cccnc3)cc2)c1. The molecule has 0 atom stereocenters. The van der Waals surface area contributed by atoms with Crippen molar-refractivity contribution in [2.24, 2.45) is 0 Å². The highest BCUT2D eigenvalue weighted by atomic mass is 16.5. The normalized spacial score (nSPS) is 10.1. The van der Waals surface area contributed by atoms with Crippen molar-refractivity contribution in [2.45, 2.75) is 6.92 Å². The van der Waals surface area contributed by atoms with Crippen molar-refractivity contribution in [3.63, 3.8) is 0 Å². The van der Waals surface area contributed by atoms with E-state index < -0.39 is 0 Å². The van der Waals surface area contributed by atoms with Gasteiger partial charge in [-0.1, -0.05) is 12.6 Å². The zero-order valence-electron chi connectivity index (χ0n) is 15.0. The van der Waals surface area contributed by atoms with Crippen molar-refractivity contribution < 1.29 is 14.3 Å². The summed E-state index contributed by atoms with van der Waals surface area (Å²) in [7, 11) is 0. The van der Waals surface area contributed by atoms with Gasteiger partial charge in [0.2, 0.25) is 0 Å². The quantitative estimate of drug-likeness (QED) is 0.597. The van der Waals surface area contributed by atoms with Crippen molar-refractivity contribution in [2.75, 3.05) is 11.9 Å². The maximum absolute atomic E-state index is 12.4. The third-order valence-corrected chi connectivity index (χ3v) is 3.56. The molecule has 0 aliphatic heterocycles. The van der Waals surface area contributed by atoms with Crippen molar-refractivity contribution in [1.29, 1.82) is 0 Å². The Hall–Kier alpha value is -3.60. The summed E-state index contributed by atoms with van der Waals surface area (Å²) in [5.74, 6) is 1.74. The molecule has 27 heavy (non-hydrogen) atoms. The Morgan fingerprint density at radius 3 is 2.52 bits per heavy atom. The van der Waals surface area contributed by atoms with Gasteiger partial charge >= 0.3 is 0 Å². The molecule has 1 aromatic heterocycles. The van der Waals surface area contributed by atoms with E-state index in [0.29, 0.717) is 35.1 Å². The second kappa shape index (κ2) is 8.67. The molecule has 0 spiro atoms. The van der Waals surface area contributed by atoms with Crippen molar-refractivity contribution >= 4 is 11.6 Å². The molecule has 0 bridgehead atoms. The second-order valence-electron chi connectivity index (χ2n) is 6.04. The van der Waals surface area contributed by atoms with E-state index in [9.17, 15) is 4.79 Å². The molecule has 2 aromatic carbocycles. The Morgan fingerprint density at radius 1 is 1.04 bits per heavy atom. The van der Waals surface area contributed by atoms with Crippen LogP contribution in [-0.4, -0.2) is 17.5 Å². The fraction of sp³-hybridized carbons (Fsp3) is 0.0909. The monoisotopic (exact) mass is 360 g/mol. The zero-order valence-corrected chi connectivity index (χ0v) is 15.0. The highest BCUT2D eigenvalue weighted by molar-refractivity contribution is 6.04. The Morgan fingerprint density at radius 2 is 1.81 bits per heavy atom. The fourth-order valence-electron chi connectivity index (χ4n) is 2.29. The molecule has 1 N–H and O–H groups in total. The lowest BCUT2D eigenvalue weighted by atomic mass is 10.2. The largest absolute Gasteiger partial charge is 0.489 e. The number of hydrogen-bond donors (Lipinski definition) is 1. The molecule has 5 heteroatoms. The van der Waals surface area contributed by atoms with Gasteiger partial charge in [-0.05, 0) is 61.0 Å². The number of ether oxygens (including phenoxy) is 2. The Kier molecular flexibility index (Phi) is 5.84. The number of hydrogen-bond acceptors (Lipinski definition) is 4. The number of benzene rings is 2. The highest BCUT2D eigenvalue weighted by Crippen LogP contribution is 2.22. The smallest absolute Gasteiger partial charge is 0.255 e. The zero-order chi connectivity index (χ0) is 19.1. The van der Waals surface area contributed by atoms with Crippen molar-refractivity contribution in [1.82, 2.24) is 4.98 Å². The van der Waals surface area contributed by atoms with Crippen LogP contribution >= 0.6 is 0 Å². The van der Waals surface area contributed by atoms with Gasteiger partial charge in [0, 0.05) is 23.5 Å². The maximum atomic E-state index is 12.4. The van der Waals surface area contributed by atoms with E-state index in [4.69, 9.17) is 9.47 Å². The van der Waals surface area contributed by atoms with Crippen LogP contribution < -0.4 is 14.8 Å². The summed E-state index contributed by atoms with van der Waals surface area (Å²) in [6.45, 7) is 6.14. The van der Waals surface area contributed by atoms with Crippen LogP contribution in [0.1, 0.15) is 17.3 Å². The molecule has 1 heterocycles. The molecule has 1 amide bonds. The van der Waals surface area contributed by atoms with E-state index in [2.05, 4.69) is 16.9 Å². The molecule has 0 fully saturated rings. The first-order valence-corrected chi connectivity index (χ1v) is 8.47. The van der Waals surface area contributed by atoms with Gasteiger partial charge in [-0.2, -0.15) is 0 Å². The van der Waals surface area contributed by atoms with E-state index in [1.807, 2.05) is 31.2 Å². The first kappa shape index (κ1) is 18.2. The number of nitrogens with zero attached hydrogens (tertiary/aromatic N) is 1. The molecule has 0 aliphatic rings. The topological polar surface area (TPSA) is 60.5 Å². The first-order valence-electron chi connectivity index (χ1n) is 8.47. The van der Waals surface area contributed by atoms with Crippen LogP contribution in [0.5, 0.6) is 17.2 Å². The number of aromatic nitrogens is 1. The second-order valence-corrected chi connectivity index (χ2v) is 6.04. The molecule has 0 saturated carbocycles. The van der Waals surface area contributed by atoms with Crippen LogP contribution in [0.15, 0.2) is 85.2 Å². The third kappa shape index (κ3) is 5.44. The fourth-order valence-corrected chi connectivity index (χ4v) is 2.29. The van der Waals surface area contributed by atoms with Gasteiger partial charge in [0.05, 0.1) is 6.20 Å². The number of pyridine rings is 1. The van der Waals surface area contributed by atoms with Gasteiger partial charge in [0.15, 0.2) is 0 Å². The summed E-state index contributed by atoms with van der Waals surface area (Å²) in [4.78, 5) is 16.4. The van der Waals surface area contributed by atoms with E-state index in [1.54, 1.807) is 48.8 Å². The van der Waals surface area contributed by atoms with Gasteiger partial charge in [0.1, 0.15) is 23.9 Å². The van der Waals surface area contributed by atoms with Crippen LogP contribution in [-0.2, 0) is 0 Å². The Labute approximate surface area is 158 Å². The van der Waals surface area contributed by atoms with E-state index in [-0.39, 0.29) is 5.91 Å². The van der Waals surface area contributed by atoms with Crippen LogP contribution in [0.25, 0.3) is 0 Å². The lowest BCUT2D eigenvalue weighted by Gasteiger charge is -2.10. The Balaban J connectivity index is 1.62.